The van der Waals surface area contributed by atoms with Crippen molar-refractivity contribution < 1.29 is 4.57 Å². The molecular formula is C46H59N4+. The normalized spacial score (nSPS) is 13.4. The molecule has 0 spiro atoms. The zero-order valence-electron chi connectivity index (χ0n) is 31.8. The monoisotopic (exact) mass is 667 g/mol. The molecule has 0 amide bonds. The molecule has 4 aromatic carbocycles. The van der Waals surface area contributed by atoms with Crippen LogP contribution in [0.2, 0.25) is 0 Å². The predicted molar refractivity (Wildman–Crippen MR) is 217 cm³/mol. The van der Waals surface area contributed by atoms with Crippen LogP contribution in [0.3, 0.4) is 0 Å². The van der Waals surface area contributed by atoms with E-state index in [9.17, 15) is 0 Å². The second kappa shape index (κ2) is 17.4. The van der Waals surface area contributed by atoms with Gasteiger partial charge in [-0.3, -0.25) is 0 Å². The molecule has 0 radical (unpaired) electrons. The Hall–Kier alpha value is -4.57. The summed E-state index contributed by atoms with van der Waals surface area (Å²) in [5.74, 6) is 0. The average Bonchev–Trinajstić information content (AvgIpc) is 3.77. The van der Waals surface area contributed by atoms with Crippen LogP contribution in [0.15, 0.2) is 128 Å². The van der Waals surface area contributed by atoms with Gasteiger partial charge in [-0.1, -0.05) is 66.7 Å². The van der Waals surface area contributed by atoms with Gasteiger partial charge in [-0.2, -0.15) is 4.57 Å². The van der Waals surface area contributed by atoms with Crippen molar-refractivity contribution in [3.8, 4) is 0 Å². The third-order valence-electron chi connectivity index (χ3n) is 9.80. The molecule has 0 N–H and O–H groups in total. The minimum Gasteiger partial charge on any atom is -0.369 e. The van der Waals surface area contributed by atoms with Gasteiger partial charge in [0.05, 0.1) is 0 Å². The van der Waals surface area contributed by atoms with E-state index in [0.29, 0.717) is 24.2 Å². The molecule has 0 saturated heterocycles. The van der Waals surface area contributed by atoms with E-state index in [1.54, 1.807) is 0 Å². The number of fused-ring (bicyclic) bond motifs is 4. The smallest absolute Gasteiger partial charge is 0.212 e. The van der Waals surface area contributed by atoms with Crippen molar-refractivity contribution in [3.63, 3.8) is 0 Å². The van der Waals surface area contributed by atoms with Gasteiger partial charge < -0.3 is 14.4 Å². The fourth-order valence-corrected chi connectivity index (χ4v) is 7.19. The molecule has 0 aliphatic carbocycles. The second-order valence-electron chi connectivity index (χ2n) is 14.6. The molecule has 0 unspecified atom stereocenters. The lowest BCUT2D eigenvalue weighted by atomic mass is 10.0. The molecule has 4 nitrogen and oxygen atoms in total. The lowest BCUT2D eigenvalue weighted by Crippen LogP contribution is -2.36. The van der Waals surface area contributed by atoms with Gasteiger partial charge in [-0.15, -0.1) is 0 Å². The third-order valence-corrected chi connectivity index (χ3v) is 9.80. The van der Waals surface area contributed by atoms with Crippen molar-refractivity contribution in [1.82, 2.24) is 4.57 Å². The molecule has 0 fully saturated rings. The molecule has 4 heterocycles. The van der Waals surface area contributed by atoms with Crippen molar-refractivity contribution in [2.75, 3.05) is 22.9 Å². The first-order valence-corrected chi connectivity index (χ1v) is 18.8. The Balaban J connectivity index is 0.000000130. The molecule has 2 aliphatic heterocycles. The quantitative estimate of drug-likeness (QED) is 0.174. The summed E-state index contributed by atoms with van der Waals surface area (Å²) in [4.78, 5) is 4.97. The minimum absolute atomic E-state index is 0.520. The fraction of sp³-hybridized carbons (Fsp3) is 0.370. The van der Waals surface area contributed by atoms with Crippen LogP contribution in [0.5, 0.6) is 0 Å². The van der Waals surface area contributed by atoms with Crippen LogP contribution in [0.25, 0.3) is 21.8 Å². The molecule has 50 heavy (non-hydrogen) atoms. The van der Waals surface area contributed by atoms with Crippen molar-refractivity contribution in [3.05, 3.63) is 139 Å². The first kappa shape index (κ1) is 36.7. The number of benzene rings is 4. The predicted octanol–water partition coefficient (Wildman–Crippen LogP) is 11.2. The van der Waals surface area contributed by atoms with Gasteiger partial charge in [0.25, 0.3) is 0 Å². The number of aryl methyl sites for hydroxylation is 1. The molecule has 8 rings (SSSR count). The maximum absolute atomic E-state index is 2.50. The van der Waals surface area contributed by atoms with E-state index in [1.165, 1.54) is 76.7 Å². The topological polar surface area (TPSA) is 15.3 Å². The number of para-hydroxylation sites is 4. The molecule has 262 valence electrons. The summed E-state index contributed by atoms with van der Waals surface area (Å²) in [6.07, 6.45) is 8.05. The summed E-state index contributed by atoms with van der Waals surface area (Å²) in [7, 11) is 0. The number of rotatable bonds is 4. The highest BCUT2D eigenvalue weighted by molar-refractivity contribution is 5.80. The zero-order valence-corrected chi connectivity index (χ0v) is 31.8. The Kier molecular flexibility index (Phi) is 12.8. The van der Waals surface area contributed by atoms with Crippen LogP contribution in [0.4, 0.5) is 11.4 Å². The van der Waals surface area contributed by atoms with Gasteiger partial charge in [0.2, 0.25) is 5.52 Å². The van der Waals surface area contributed by atoms with E-state index >= 15 is 0 Å². The van der Waals surface area contributed by atoms with Gasteiger partial charge >= 0.3 is 0 Å². The van der Waals surface area contributed by atoms with Crippen LogP contribution in [-0.2, 0) is 12.8 Å². The molecule has 0 atom stereocenters. The lowest BCUT2D eigenvalue weighted by Gasteiger charge is -2.34. The number of hydrogen-bond donors (Lipinski definition) is 0. The Bertz CT molecular complexity index is 1930. The highest BCUT2D eigenvalue weighted by atomic mass is 15.2. The Labute approximate surface area is 302 Å². The number of pyridine rings is 1. The van der Waals surface area contributed by atoms with Gasteiger partial charge in [0.1, 0.15) is 0 Å². The third kappa shape index (κ3) is 8.96. The number of anilines is 2. The van der Waals surface area contributed by atoms with Crippen molar-refractivity contribution in [2.45, 2.75) is 98.8 Å². The van der Waals surface area contributed by atoms with Crippen LogP contribution in [0, 0.1) is 0 Å². The number of nitrogens with zero attached hydrogens (tertiary/aromatic N) is 4. The summed E-state index contributed by atoms with van der Waals surface area (Å²) in [6.45, 7) is 20.2. The van der Waals surface area contributed by atoms with Crippen molar-refractivity contribution in [2.24, 2.45) is 0 Å². The fourth-order valence-electron chi connectivity index (χ4n) is 7.19. The molecule has 0 saturated carbocycles. The molecule has 4 heteroatoms. The first-order valence-electron chi connectivity index (χ1n) is 18.8. The highest BCUT2D eigenvalue weighted by Gasteiger charge is 2.20. The Morgan fingerprint density at radius 3 is 1.68 bits per heavy atom. The molecular weight excluding hydrogens is 609 g/mol. The van der Waals surface area contributed by atoms with E-state index in [0.717, 1.165) is 0 Å². The van der Waals surface area contributed by atoms with E-state index in [4.69, 9.17) is 0 Å². The standard InChI is InChI=1S/C12H17N.C12H14N.C11H15N.C11H13N/c2*1-10(2)13-9-5-7-11-6-3-4-8-12(11)13;2*1-9(2)12-8-7-10-5-3-4-6-11(10)12/h3-4,6,8,10H,5,7,9H2,1-2H3;3-10H,1-2H3;3-6,9H,7-8H2,1-2H3;3-9H,1-2H3/q;+1;;. The van der Waals surface area contributed by atoms with Crippen molar-refractivity contribution in [1.29, 1.82) is 0 Å². The minimum atomic E-state index is 0.520. The van der Waals surface area contributed by atoms with E-state index in [1.807, 2.05) is 0 Å². The summed E-state index contributed by atoms with van der Waals surface area (Å²) in [5.41, 5.74) is 8.54. The highest BCUT2D eigenvalue weighted by Crippen LogP contribution is 2.29. The number of aromatic nitrogens is 2. The zero-order chi connectivity index (χ0) is 35.6. The van der Waals surface area contributed by atoms with Gasteiger partial charge in [-0.05, 0) is 128 Å². The SMILES string of the molecule is CC(C)N1CCCc2ccccc21.CC(C)N1CCc2ccccc21.CC(C)[n+]1cccc2ccccc21.CC(C)n1ccc2ccccc21. The molecule has 6 aromatic rings. The van der Waals surface area contributed by atoms with E-state index < -0.39 is 0 Å². The average molecular weight is 668 g/mol. The molecule has 0 bridgehead atoms. The largest absolute Gasteiger partial charge is 0.369 e. The molecule has 2 aliphatic rings. The van der Waals surface area contributed by atoms with Crippen LogP contribution in [-0.4, -0.2) is 29.7 Å². The van der Waals surface area contributed by atoms with Crippen LogP contribution in [0.1, 0.15) is 85.0 Å². The summed E-state index contributed by atoms with van der Waals surface area (Å²) >= 11 is 0. The maximum Gasteiger partial charge on any atom is 0.212 e. The summed E-state index contributed by atoms with van der Waals surface area (Å²) < 4.78 is 4.57. The maximum atomic E-state index is 2.50. The summed E-state index contributed by atoms with van der Waals surface area (Å²) in [5, 5.41) is 2.63. The Morgan fingerprint density at radius 1 is 0.500 bits per heavy atom. The molecule has 2 aromatic heterocycles. The van der Waals surface area contributed by atoms with Gasteiger partial charge in [-0.25, -0.2) is 0 Å². The van der Waals surface area contributed by atoms with E-state index in [2.05, 4.69) is 202 Å². The van der Waals surface area contributed by atoms with Crippen LogP contribution < -0.4 is 14.4 Å². The number of hydrogen-bond acceptors (Lipinski definition) is 2. The van der Waals surface area contributed by atoms with Gasteiger partial charge in [0, 0.05) is 71.8 Å². The summed E-state index contributed by atoms with van der Waals surface area (Å²) in [6, 6.07) is 43.2. The first-order chi connectivity index (χ1) is 24.2. The van der Waals surface area contributed by atoms with Gasteiger partial charge in [0.15, 0.2) is 12.2 Å². The Morgan fingerprint density at radius 2 is 1.04 bits per heavy atom. The van der Waals surface area contributed by atoms with Crippen molar-refractivity contribution >= 4 is 33.2 Å². The lowest BCUT2D eigenvalue weighted by molar-refractivity contribution is -0.691. The van der Waals surface area contributed by atoms with Crippen LogP contribution >= 0.6 is 0 Å². The van der Waals surface area contributed by atoms with E-state index in [-0.39, 0.29) is 0 Å². The second-order valence-corrected chi connectivity index (χ2v) is 14.6.